The first kappa shape index (κ1) is 52.2. The molecule has 0 bridgehead atoms. The van der Waals surface area contributed by atoms with Gasteiger partial charge in [-0.3, -0.25) is 0 Å². The van der Waals surface area contributed by atoms with Crippen molar-refractivity contribution >= 4 is 135 Å². The number of rotatable bonds is 0. The molecule has 21 rings (SSSR count). The maximum atomic E-state index is 2.53. The molecule has 0 atom stereocenters. The van der Waals surface area contributed by atoms with Crippen molar-refractivity contribution in [2.75, 3.05) is 0 Å². The van der Waals surface area contributed by atoms with E-state index in [0.29, 0.717) is 20.1 Å². The minimum Gasteiger partial charge on any atom is -0.310 e. The number of hydrogen-bond acceptors (Lipinski definition) is 0. The third-order valence-electron chi connectivity index (χ3n) is 22.7. The van der Waals surface area contributed by atoms with Crippen LogP contribution < -0.4 is 49.2 Å². The summed E-state index contributed by atoms with van der Waals surface area (Å²) < 4.78 is 7.58. The van der Waals surface area contributed by atoms with Crippen molar-refractivity contribution in [3.63, 3.8) is 0 Å². The lowest BCUT2D eigenvalue weighted by molar-refractivity contribution is 0.641. The van der Waals surface area contributed by atoms with Crippen LogP contribution in [0.25, 0.3) is 82.5 Å². The smallest absolute Gasteiger partial charge is 0.247 e. The highest BCUT2D eigenvalue weighted by atomic mass is 15.0. The molecule has 0 fully saturated rings. The van der Waals surface area contributed by atoms with E-state index in [1.165, 1.54) is 182 Å². The van der Waals surface area contributed by atoms with Crippen molar-refractivity contribution in [2.24, 2.45) is 0 Å². The fraction of sp³-hybridized carbons (Fsp3) is 0.143. The predicted octanol–water partition coefficient (Wildman–Crippen LogP) is 13.7. The lowest BCUT2D eigenvalue weighted by Gasteiger charge is -2.42. The van der Waals surface area contributed by atoms with Crippen LogP contribution in [0.3, 0.4) is 0 Å². The van der Waals surface area contributed by atoms with Gasteiger partial charge >= 0.3 is 0 Å². The summed E-state index contributed by atoms with van der Waals surface area (Å²) in [5.74, 6) is 0. The lowest BCUT2D eigenvalue weighted by atomic mass is 9.30. The van der Waals surface area contributed by atoms with Gasteiger partial charge in [-0.05, 0) is 146 Å². The second-order valence-corrected chi connectivity index (χ2v) is 28.3. The molecular weight excluding hydrogens is 1080 g/mol. The third-order valence-corrected chi connectivity index (χ3v) is 22.7. The summed E-state index contributed by atoms with van der Waals surface area (Å²) in [6, 6.07) is 88.5. The van der Waals surface area contributed by atoms with Gasteiger partial charge in [0.2, 0.25) is 20.1 Å². The Bertz CT molecular complexity index is 5710. The molecule has 12 aromatic carbocycles. The lowest BCUT2D eigenvalue weighted by Crippen LogP contribution is -2.63. The second kappa shape index (κ2) is 18.0. The van der Waals surface area contributed by atoms with Crippen molar-refractivity contribution in [2.45, 2.75) is 78.6 Å². The normalized spacial score (nSPS) is 15.4. The highest BCUT2D eigenvalue weighted by Crippen LogP contribution is 2.46. The molecule has 6 aliphatic heterocycles. The van der Waals surface area contributed by atoms with Crippen LogP contribution in [0, 0.1) is 20.8 Å². The summed E-state index contributed by atoms with van der Waals surface area (Å²) >= 11 is 0. The SMILES string of the molecule is Cc1cc2c3c4c1c1ccccc1n4-c1ccccc1B3c1ccccc1C2(C)C.Cc1cc2c3ccccc3n3c2c2c1C(C)(C)c1ccccc1B2c1ccccc1-3.Cc1cccc2c1C(C)(C)c1ccc3c4ccccc4n4c3c1B2c1ccccc1-4. The van der Waals surface area contributed by atoms with Crippen LogP contribution in [0.4, 0.5) is 0 Å². The van der Waals surface area contributed by atoms with E-state index >= 15 is 0 Å². The number of aryl methyl sites for hydroxylation is 3. The standard InChI is InChI=1S/3C28H22BN/c1-17-16-19-18-10-4-8-14-23(18)30-24-15-9-7-13-22(24)29-21-12-6-5-11-20(21)28(2,3)25(17)26(29)27(19)30;1-17-16-20-26-27-25(17)18-10-4-8-14-23(18)30(27)24-15-9-7-13-22(24)29(26)21-12-6-5-11-19(21)28(20,2)3;1-17-9-8-12-22-25(17)28(2,3)20-16-15-19-18-10-4-6-13-23(18)30-24-14-7-5-11-21(24)29(22)26(20)27(19)30/h3*4-16H,1-3H3. The number of fused-ring (bicyclic) bond motifs is 24. The zero-order valence-electron chi connectivity index (χ0n) is 52.6. The van der Waals surface area contributed by atoms with Crippen molar-refractivity contribution in [1.29, 1.82) is 0 Å². The molecule has 3 nitrogen and oxygen atoms in total. The second-order valence-electron chi connectivity index (χ2n) is 28.3. The molecule has 0 spiro atoms. The molecule has 15 aromatic rings. The number of hydrogen-bond donors (Lipinski definition) is 0. The number of benzene rings is 12. The van der Waals surface area contributed by atoms with Crippen molar-refractivity contribution in [1.82, 2.24) is 13.7 Å². The summed E-state index contributed by atoms with van der Waals surface area (Å²) in [5.41, 5.74) is 38.3. The molecule has 0 saturated heterocycles. The summed E-state index contributed by atoms with van der Waals surface area (Å²) in [5, 5.41) is 8.23. The van der Waals surface area contributed by atoms with E-state index < -0.39 is 0 Å². The zero-order valence-corrected chi connectivity index (χ0v) is 52.6. The Labute approximate surface area is 527 Å². The molecule has 6 aliphatic rings. The van der Waals surface area contributed by atoms with Gasteiger partial charge in [-0.2, -0.15) is 0 Å². The van der Waals surface area contributed by atoms with Crippen molar-refractivity contribution in [3.05, 3.63) is 287 Å². The summed E-state index contributed by atoms with van der Waals surface area (Å²) in [4.78, 5) is 0. The van der Waals surface area contributed by atoms with Gasteiger partial charge in [-0.15, -0.1) is 0 Å². The van der Waals surface area contributed by atoms with Crippen LogP contribution in [-0.2, 0) is 16.2 Å². The first-order chi connectivity index (χ1) is 43.8. The van der Waals surface area contributed by atoms with E-state index in [1.54, 1.807) is 0 Å². The highest BCUT2D eigenvalue weighted by molar-refractivity contribution is 7.00. The van der Waals surface area contributed by atoms with Crippen molar-refractivity contribution < 1.29 is 0 Å². The molecule has 0 radical (unpaired) electrons. The minimum absolute atomic E-state index is 0.0189. The fourth-order valence-electron chi connectivity index (χ4n) is 19.4. The summed E-state index contributed by atoms with van der Waals surface area (Å²) in [7, 11) is 0. The topological polar surface area (TPSA) is 14.8 Å². The third kappa shape index (κ3) is 6.44. The van der Waals surface area contributed by atoms with Gasteiger partial charge in [0.25, 0.3) is 0 Å². The van der Waals surface area contributed by atoms with E-state index in [0.717, 1.165) is 0 Å². The Morgan fingerprint density at radius 3 is 1.29 bits per heavy atom. The van der Waals surface area contributed by atoms with Crippen LogP contribution in [0.15, 0.2) is 237 Å². The molecule has 6 heteroatoms. The van der Waals surface area contributed by atoms with Crippen LogP contribution in [0.1, 0.15) is 91.6 Å². The Morgan fingerprint density at radius 1 is 0.267 bits per heavy atom. The maximum absolute atomic E-state index is 2.53. The van der Waals surface area contributed by atoms with Gasteiger partial charge in [-0.25, -0.2) is 0 Å². The Kier molecular flexibility index (Phi) is 10.4. The van der Waals surface area contributed by atoms with Gasteiger partial charge < -0.3 is 13.7 Å². The molecule has 3 aromatic heterocycles. The van der Waals surface area contributed by atoms with Gasteiger partial charge in [0, 0.05) is 82.2 Å². The molecule has 0 saturated carbocycles. The summed E-state index contributed by atoms with van der Waals surface area (Å²) in [6.07, 6.45) is 0. The van der Waals surface area contributed by atoms with Gasteiger partial charge in [0.1, 0.15) is 0 Å². The fourth-order valence-corrected chi connectivity index (χ4v) is 19.4. The monoisotopic (exact) mass is 1150 g/mol. The molecule has 0 N–H and O–H groups in total. The van der Waals surface area contributed by atoms with E-state index in [2.05, 4.69) is 313 Å². The Balaban J connectivity index is 0.0000000972. The van der Waals surface area contributed by atoms with E-state index in [4.69, 9.17) is 0 Å². The number of aromatic nitrogens is 3. The zero-order chi connectivity index (χ0) is 60.6. The van der Waals surface area contributed by atoms with Crippen LogP contribution >= 0.6 is 0 Å². The molecular formula is C84H66B3N3. The molecule has 426 valence electrons. The van der Waals surface area contributed by atoms with Gasteiger partial charge in [-0.1, -0.05) is 252 Å². The largest absolute Gasteiger partial charge is 0.310 e. The maximum Gasteiger partial charge on any atom is 0.247 e. The molecule has 0 unspecified atom stereocenters. The Hall–Kier alpha value is -9.77. The quantitative estimate of drug-likeness (QED) is 0.134. The average molecular weight is 1150 g/mol. The van der Waals surface area contributed by atoms with Crippen LogP contribution in [0.2, 0.25) is 0 Å². The summed E-state index contributed by atoms with van der Waals surface area (Å²) in [6.45, 7) is 22.2. The number of nitrogens with zero attached hydrogens (tertiary/aromatic N) is 3. The molecule has 90 heavy (non-hydrogen) atoms. The minimum atomic E-state index is -0.0196. The first-order valence-corrected chi connectivity index (χ1v) is 32.5. The van der Waals surface area contributed by atoms with Crippen molar-refractivity contribution in [3.8, 4) is 17.1 Å². The van der Waals surface area contributed by atoms with Gasteiger partial charge in [0.15, 0.2) is 0 Å². The Morgan fingerprint density at radius 2 is 0.689 bits per heavy atom. The predicted molar refractivity (Wildman–Crippen MR) is 386 cm³/mol. The first-order valence-electron chi connectivity index (χ1n) is 32.5. The van der Waals surface area contributed by atoms with Crippen LogP contribution in [-0.4, -0.2) is 33.8 Å². The van der Waals surface area contributed by atoms with Crippen LogP contribution in [0.5, 0.6) is 0 Å². The molecule has 0 aliphatic carbocycles. The number of para-hydroxylation sites is 6. The van der Waals surface area contributed by atoms with E-state index in [-0.39, 0.29) is 16.2 Å². The molecule has 9 heterocycles. The van der Waals surface area contributed by atoms with E-state index in [1.807, 2.05) is 0 Å². The highest BCUT2D eigenvalue weighted by Gasteiger charge is 2.49. The van der Waals surface area contributed by atoms with Gasteiger partial charge in [0.05, 0.1) is 16.6 Å². The molecule has 0 amide bonds. The van der Waals surface area contributed by atoms with E-state index in [9.17, 15) is 0 Å². The average Bonchev–Trinajstić information content (AvgIpc) is 1.36.